The maximum Gasteiger partial charge on any atom is 0.211 e. The fourth-order valence-electron chi connectivity index (χ4n) is 2.64. The molecular formula is C19H22N10. The van der Waals surface area contributed by atoms with E-state index in [4.69, 9.17) is 22.9 Å². The molecule has 2 aromatic carbocycles. The first-order valence-corrected chi connectivity index (χ1v) is 8.71. The number of nitrogens with one attached hydrogen (secondary N) is 1. The first kappa shape index (κ1) is 19.5. The smallest absolute Gasteiger partial charge is 0.211 e. The van der Waals surface area contributed by atoms with Gasteiger partial charge in [0, 0.05) is 5.56 Å². The van der Waals surface area contributed by atoms with Gasteiger partial charge >= 0.3 is 0 Å². The van der Waals surface area contributed by atoms with E-state index in [-0.39, 0.29) is 11.9 Å². The number of hydrogen-bond donors (Lipinski definition) is 5. The van der Waals surface area contributed by atoms with E-state index in [1.807, 2.05) is 56.3 Å². The fraction of sp³-hybridized carbons (Fsp3) is 0.105. The van der Waals surface area contributed by atoms with Crippen LogP contribution in [0.5, 0.6) is 0 Å². The largest absolute Gasteiger partial charge is 0.369 e. The zero-order chi connectivity index (χ0) is 21.0. The lowest BCUT2D eigenvalue weighted by atomic mass is 10.1. The van der Waals surface area contributed by atoms with Gasteiger partial charge in [-0.05, 0) is 43.2 Å². The van der Waals surface area contributed by atoms with Crippen molar-refractivity contribution in [3.05, 3.63) is 53.6 Å². The molecule has 0 amide bonds. The molecule has 148 valence electrons. The Labute approximate surface area is 167 Å². The molecular weight excluding hydrogens is 368 g/mol. The molecule has 1 heterocycles. The molecule has 0 aliphatic rings. The lowest BCUT2D eigenvalue weighted by molar-refractivity contribution is 1.19. The van der Waals surface area contributed by atoms with Crippen LogP contribution in [0.1, 0.15) is 25.0 Å². The van der Waals surface area contributed by atoms with Crippen molar-refractivity contribution in [2.75, 3.05) is 0 Å². The maximum atomic E-state index is 5.33. The summed E-state index contributed by atoms with van der Waals surface area (Å²) in [7, 11) is 0. The van der Waals surface area contributed by atoms with E-state index in [0.717, 1.165) is 33.5 Å². The molecule has 0 fully saturated rings. The number of benzene rings is 2. The summed E-state index contributed by atoms with van der Waals surface area (Å²) in [6.45, 7) is 3.65. The Balaban J connectivity index is 1.96. The number of aromatic amines is 1. The number of nitrogens with two attached hydrogens (primary N) is 4. The summed E-state index contributed by atoms with van der Waals surface area (Å²) in [4.78, 5) is 7.99. The van der Waals surface area contributed by atoms with Gasteiger partial charge in [0.1, 0.15) is 5.82 Å². The van der Waals surface area contributed by atoms with Crippen LogP contribution in [0.3, 0.4) is 0 Å². The Morgan fingerprint density at radius 3 is 2.03 bits per heavy atom. The molecule has 10 heteroatoms. The van der Waals surface area contributed by atoms with Gasteiger partial charge in [0.15, 0.2) is 0 Å². The third-order valence-corrected chi connectivity index (χ3v) is 4.08. The lowest BCUT2D eigenvalue weighted by Gasteiger charge is -2.02. The molecule has 0 aliphatic heterocycles. The minimum absolute atomic E-state index is 0.0900. The number of nitrogens with zero attached hydrogens (tertiary/aromatic N) is 5. The molecule has 0 bridgehead atoms. The Bertz CT molecular complexity index is 1160. The second-order valence-corrected chi connectivity index (χ2v) is 6.32. The molecule has 0 aliphatic carbocycles. The summed E-state index contributed by atoms with van der Waals surface area (Å²) in [6.07, 6.45) is 0. The standard InChI is InChI=1S/C19H22N10/c1-10(26-28-18(20)21)12-4-3-5-14(8-12)17-24-15-7-6-13(9-16(15)25-17)11(2)27-29-19(22)23/h3-9H,1-2H3,(H,24,25)(H4,20,21,28)(H4,22,23,29)/b26-10+,27-11+. The molecule has 29 heavy (non-hydrogen) atoms. The van der Waals surface area contributed by atoms with Gasteiger partial charge in [-0.15, -0.1) is 10.2 Å². The predicted molar refractivity (Wildman–Crippen MR) is 118 cm³/mol. The highest BCUT2D eigenvalue weighted by Crippen LogP contribution is 2.23. The highest BCUT2D eigenvalue weighted by Gasteiger charge is 2.09. The summed E-state index contributed by atoms with van der Waals surface area (Å²) in [5, 5.41) is 15.4. The van der Waals surface area contributed by atoms with Gasteiger partial charge in [0.2, 0.25) is 11.9 Å². The van der Waals surface area contributed by atoms with Gasteiger partial charge in [-0.25, -0.2) is 4.98 Å². The second-order valence-electron chi connectivity index (χ2n) is 6.32. The average Bonchev–Trinajstić information content (AvgIpc) is 3.13. The van der Waals surface area contributed by atoms with Crippen molar-refractivity contribution in [3.63, 3.8) is 0 Å². The Morgan fingerprint density at radius 2 is 1.41 bits per heavy atom. The van der Waals surface area contributed by atoms with Crippen molar-refractivity contribution in [3.8, 4) is 11.4 Å². The van der Waals surface area contributed by atoms with Crippen molar-refractivity contribution in [1.82, 2.24) is 9.97 Å². The number of H-pyrrole nitrogens is 1. The van der Waals surface area contributed by atoms with E-state index in [2.05, 4.69) is 30.4 Å². The van der Waals surface area contributed by atoms with Crippen LogP contribution in [0.25, 0.3) is 22.4 Å². The summed E-state index contributed by atoms with van der Waals surface area (Å²) >= 11 is 0. The number of rotatable bonds is 5. The van der Waals surface area contributed by atoms with E-state index in [1.165, 1.54) is 0 Å². The average molecular weight is 390 g/mol. The number of imidazole rings is 1. The van der Waals surface area contributed by atoms with Crippen LogP contribution in [0, 0.1) is 0 Å². The number of aromatic nitrogens is 2. The molecule has 0 atom stereocenters. The van der Waals surface area contributed by atoms with E-state index < -0.39 is 0 Å². The quantitative estimate of drug-likeness (QED) is 0.249. The molecule has 3 rings (SSSR count). The highest BCUT2D eigenvalue weighted by molar-refractivity contribution is 6.02. The van der Waals surface area contributed by atoms with Crippen molar-refractivity contribution in [1.29, 1.82) is 0 Å². The summed E-state index contributed by atoms with van der Waals surface area (Å²) in [5.41, 5.74) is 27.0. The topological polar surface area (TPSA) is 182 Å². The van der Waals surface area contributed by atoms with Crippen LogP contribution in [-0.4, -0.2) is 33.3 Å². The second kappa shape index (κ2) is 8.21. The molecule has 0 saturated heterocycles. The maximum absolute atomic E-state index is 5.33. The molecule has 0 radical (unpaired) electrons. The molecule has 1 aromatic heterocycles. The van der Waals surface area contributed by atoms with E-state index >= 15 is 0 Å². The SMILES string of the molecule is C/C(=N\N=C(N)N)c1cccc(-c2nc3ccc(/C(C)=N/N=C(N)N)cc3[nH]2)c1. The van der Waals surface area contributed by atoms with Gasteiger partial charge in [-0.3, -0.25) is 0 Å². The van der Waals surface area contributed by atoms with E-state index in [1.54, 1.807) is 0 Å². The minimum atomic E-state index is -0.0905. The monoisotopic (exact) mass is 390 g/mol. The zero-order valence-corrected chi connectivity index (χ0v) is 16.1. The minimum Gasteiger partial charge on any atom is -0.369 e. The van der Waals surface area contributed by atoms with Crippen LogP contribution in [0.15, 0.2) is 62.9 Å². The zero-order valence-electron chi connectivity index (χ0n) is 16.1. The fourth-order valence-corrected chi connectivity index (χ4v) is 2.64. The van der Waals surface area contributed by atoms with Gasteiger partial charge < -0.3 is 27.9 Å². The summed E-state index contributed by atoms with van der Waals surface area (Å²) in [5.74, 6) is 0.549. The summed E-state index contributed by atoms with van der Waals surface area (Å²) < 4.78 is 0. The third kappa shape index (κ3) is 4.75. The Hall–Kier alpha value is -4.21. The van der Waals surface area contributed by atoms with Crippen LogP contribution in [-0.2, 0) is 0 Å². The normalized spacial score (nSPS) is 12.1. The molecule has 0 saturated carbocycles. The Morgan fingerprint density at radius 1 is 0.793 bits per heavy atom. The molecule has 10 nitrogen and oxygen atoms in total. The van der Waals surface area contributed by atoms with E-state index in [0.29, 0.717) is 11.4 Å². The van der Waals surface area contributed by atoms with Gasteiger partial charge in [0.05, 0.1) is 22.5 Å². The third-order valence-electron chi connectivity index (χ3n) is 4.08. The number of guanidine groups is 2. The van der Waals surface area contributed by atoms with E-state index in [9.17, 15) is 0 Å². The first-order chi connectivity index (χ1) is 13.8. The van der Waals surface area contributed by atoms with Crippen molar-refractivity contribution in [2.24, 2.45) is 43.3 Å². The van der Waals surface area contributed by atoms with Crippen LogP contribution < -0.4 is 22.9 Å². The molecule has 0 spiro atoms. The summed E-state index contributed by atoms with van der Waals surface area (Å²) in [6, 6.07) is 13.5. The number of fused-ring (bicyclic) bond motifs is 1. The van der Waals surface area contributed by atoms with Gasteiger partial charge in [-0.1, -0.05) is 24.3 Å². The number of hydrogen-bond acceptors (Lipinski definition) is 5. The van der Waals surface area contributed by atoms with Gasteiger partial charge in [-0.2, -0.15) is 10.2 Å². The van der Waals surface area contributed by atoms with Crippen molar-refractivity contribution < 1.29 is 0 Å². The highest BCUT2D eigenvalue weighted by atomic mass is 15.3. The van der Waals surface area contributed by atoms with Crippen LogP contribution in [0.4, 0.5) is 0 Å². The van der Waals surface area contributed by atoms with Crippen LogP contribution in [0.2, 0.25) is 0 Å². The molecule has 0 unspecified atom stereocenters. The molecule has 9 N–H and O–H groups in total. The van der Waals surface area contributed by atoms with Crippen molar-refractivity contribution in [2.45, 2.75) is 13.8 Å². The van der Waals surface area contributed by atoms with Crippen LogP contribution >= 0.6 is 0 Å². The lowest BCUT2D eigenvalue weighted by Crippen LogP contribution is -2.22. The molecule has 3 aromatic rings. The first-order valence-electron chi connectivity index (χ1n) is 8.71. The van der Waals surface area contributed by atoms with Gasteiger partial charge in [0.25, 0.3) is 0 Å². The Kier molecular flexibility index (Phi) is 5.54. The van der Waals surface area contributed by atoms with Crippen molar-refractivity contribution >= 4 is 34.4 Å². The predicted octanol–water partition coefficient (Wildman–Crippen LogP) is 1.22.